The molecule has 4 rings (SSSR count). The fraction of sp³-hybridized carbons (Fsp3) is 0.312. The second-order valence-electron chi connectivity index (χ2n) is 5.95. The summed E-state index contributed by atoms with van der Waals surface area (Å²) in [6.07, 6.45) is 5.66. The van der Waals surface area contributed by atoms with Crippen LogP contribution in [0.2, 0.25) is 5.02 Å². The summed E-state index contributed by atoms with van der Waals surface area (Å²) in [5.41, 5.74) is 8.44. The van der Waals surface area contributed by atoms with Gasteiger partial charge in [-0.25, -0.2) is 0 Å². The van der Waals surface area contributed by atoms with Crippen molar-refractivity contribution in [2.45, 2.75) is 31.2 Å². The largest absolute Gasteiger partial charge is 0.334 e. The molecule has 2 aromatic heterocycles. The number of nitrogens with two attached hydrogens (primary N) is 1. The normalized spacial score (nSPS) is 16.8. The van der Waals surface area contributed by atoms with Crippen molar-refractivity contribution in [2.24, 2.45) is 5.73 Å². The smallest absolute Gasteiger partial charge is 0.261 e. The van der Waals surface area contributed by atoms with E-state index in [1.165, 1.54) is 0 Å². The van der Waals surface area contributed by atoms with Gasteiger partial charge >= 0.3 is 0 Å². The van der Waals surface area contributed by atoms with Crippen LogP contribution in [-0.2, 0) is 5.54 Å². The zero-order valence-electron chi connectivity index (χ0n) is 12.4. The molecule has 7 heteroatoms. The zero-order chi connectivity index (χ0) is 15.9. The van der Waals surface area contributed by atoms with Gasteiger partial charge in [-0.3, -0.25) is 5.10 Å². The van der Waals surface area contributed by atoms with Crippen LogP contribution in [0.15, 0.2) is 35.0 Å². The van der Waals surface area contributed by atoms with Gasteiger partial charge in [-0.05, 0) is 25.0 Å². The number of benzene rings is 1. The van der Waals surface area contributed by atoms with Gasteiger partial charge in [0.05, 0.1) is 23.0 Å². The lowest BCUT2D eigenvalue weighted by Crippen LogP contribution is -2.34. The SMILES string of the molecule is NC1(c2noc(-c3cn[nH]c3-c3ccc(Cl)cc3)n2)CCCC1. The number of aromatic nitrogens is 4. The summed E-state index contributed by atoms with van der Waals surface area (Å²) in [6.45, 7) is 0. The molecule has 0 bridgehead atoms. The van der Waals surface area contributed by atoms with E-state index < -0.39 is 5.54 Å². The summed E-state index contributed by atoms with van der Waals surface area (Å²) < 4.78 is 5.45. The highest BCUT2D eigenvalue weighted by molar-refractivity contribution is 6.30. The van der Waals surface area contributed by atoms with Crippen molar-refractivity contribution in [3.05, 3.63) is 41.3 Å². The number of aromatic amines is 1. The maximum Gasteiger partial charge on any atom is 0.261 e. The van der Waals surface area contributed by atoms with Crippen molar-refractivity contribution in [3.63, 3.8) is 0 Å². The highest BCUT2D eigenvalue weighted by atomic mass is 35.5. The van der Waals surface area contributed by atoms with Crippen LogP contribution in [0, 0.1) is 0 Å². The number of H-pyrrole nitrogens is 1. The Morgan fingerprint density at radius 2 is 1.91 bits per heavy atom. The molecular weight excluding hydrogens is 314 g/mol. The number of halogens is 1. The Kier molecular flexibility index (Phi) is 3.43. The molecule has 0 radical (unpaired) electrons. The van der Waals surface area contributed by atoms with Crippen molar-refractivity contribution in [1.82, 2.24) is 20.3 Å². The third-order valence-electron chi connectivity index (χ3n) is 4.37. The van der Waals surface area contributed by atoms with Gasteiger partial charge in [-0.15, -0.1) is 0 Å². The predicted octanol–water partition coefficient (Wildman–Crippen LogP) is 3.51. The molecule has 2 heterocycles. The van der Waals surface area contributed by atoms with Crippen LogP contribution in [-0.4, -0.2) is 20.3 Å². The van der Waals surface area contributed by atoms with Gasteiger partial charge in [0.15, 0.2) is 5.82 Å². The summed E-state index contributed by atoms with van der Waals surface area (Å²) in [4.78, 5) is 4.52. The fourth-order valence-corrected chi connectivity index (χ4v) is 3.18. The fourth-order valence-electron chi connectivity index (χ4n) is 3.05. The van der Waals surface area contributed by atoms with Crippen LogP contribution in [0.1, 0.15) is 31.5 Å². The van der Waals surface area contributed by atoms with Gasteiger partial charge in [0.25, 0.3) is 5.89 Å². The number of nitrogens with zero attached hydrogens (tertiary/aromatic N) is 3. The van der Waals surface area contributed by atoms with Crippen molar-refractivity contribution in [3.8, 4) is 22.7 Å². The molecule has 0 amide bonds. The maximum atomic E-state index is 6.39. The Hall–Kier alpha value is -2.18. The van der Waals surface area contributed by atoms with E-state index in [0.717, 1.165) is 42.5 Å². The van der Waals surface area contributed by atoms with Crippen LogP contribution in [0.4, 0.5) is 0 Å². The molecule has 1 aromatic carbocycles. The molecule has 0 spiro atoms. The number of hydrogen-bond donors (Lipinski definition) is 2. The van der Waals surface area contributed by atoms with Gasteiger partial charge in [-0.2, -0.15) is 10.1 Å². The van der Waals surface area contributed by atoms with E-state index in [9.17, 15) is 0 Å². The van der Waals surface area contributed by atoms with E-state index >= 15 is 0 Å². The molecule has 1 aliphatic carbocycles. The lowest BCUT2D eigenvalue weighted by atomic mass is 9.98. The van der Waals surface area contributed by atoms with Crippen LogP contribution in [0.25, 0.3) is 22.7 Å². The second kappa shape index (κ2) is 5.47. The second-order valence-corrected chi connectivity index (χ2v) is 6.39. The maximum absolute atomic E-state index is 6.39. The minimum absolute atomic E-state index is 0.426. The van der Waals surface area contributed by atoms with Crippen molar-refractivity contribution >= 4 is 11.6 Å². The topological polar surface area (TPSA) is 93.6 Å². The molecule has 3 aromatic rings. The molecule has 0 unspecified atom stereocenters. The predicted molar refractivity (Wildman–Crippen MR) is 86.7 cm³/mol. The Balaban J connectivity index is 1.71. The molecule has 1 saturated carbocycles. The van der Waals surface area contributed by atoms with Gasteiger partial charge in [0.2, 0.25) is 0 Å². The molecule has 118 valence electrons. The van der Waals surface area contributed by atoms with Gasteiger partial charge in [0, 0.05) is 10.6 Å². The molecule has 3 N–H and O–H groups in total. The van der Waals surface area contributed by atoms with Crippen LogP contribution in [0.3, 0.4) is 0 Å². The molecule has 0 atom stereocenters. The standard InChI is InChI=1S/C16H16ClN5O/c17-11-5-3-10(4-6-11)13-12(9-19-21-13)14-20-15(22-23-14)16(18)7-1-2-8-16/h3-6,9H,1-2,7-8,18H2,(H,19,21). The van der Waals surface area contributed by atoms with Crippen LogP contribution >= 0.6 is 11.6 Å². The Morgan fingerprint density at radius 1 is 1.17 bits per heavy atom. The number of rotatable bonds is 3. The summed E-state index contributed by atoms with van der Waals surface area (Å²) in [7, 11) is 0. The van der Waals surface area contributed by atoms with Crippen molar-refractivity contribution < 1.29 is 4.52 Å². The van der Waals surface area contributed by atoms with Crippen molar-refractivity contribution in [2.75, 3.05) is 0 Å². The molecule has 1 fully saturated rings. The molecule has 0 aliphatic heterocycles. The summed E-state index contributed by atoms with van der Waals surface area (Å²) in [5.74, 6) is 1.00. The number of nitrogens with one attached hydrogen (secondary N) is 1. The quantitative estimate of drug-likeness (QED) is 0.767. The minimum Gasteiger partial charge on any atom is -0.334 e. The summed E-state index contributed by atoms with van der Waals surface area (Å²) in [5, 5.41) is 11.9. The van der Waals surface area contributed by atoms with E-state index in [-0.39, 0.29) is 0 Å². The molecule has 6 nitrogen and oxygen atoms in total. The first kappa shape index (κ1) is 14.4. The van der Waals surface area contributed by atoms with Gasteiger partial charge in [0.1, 0.15) is 0 Å². The minimum atomic E-state index is -0.466. The molecular formula is C16H16ClN5O. The first-order chi connectivity index (χ1) is 11.2. The van der Waals surface area contributed by atoms with Crippen LogP contribution in [0.5, 0.6) is 0 Å². The van der Waals surface area contributed by atoms with E-state index in [4.69, 9.17) is 21.9 Å². The van der Waals surface area contributed by atoms with E-state index in [0.29, 0.717) is 16.7 Å². The highest BCUT2D eigenvalue weighted by Gasteiger charge is 2.36. The molecule has 0 saturated heterocycles. The Labute approximate surface area is 138 Å². The average Bonchev–Trinajstić information content (AvgIpc) is 3.27. The van der Waals surface area contributed by atoms with Crippen LogP contribution < -0.4 is 5.73 Å². The molecule has 1 aliphatic rings. The third kappa shape index (κ3) is 2.54. The first-order valence-corrected chi connectivity index (χ1v) is 7.96. The highest BCUT2D eigenvalue weighted by Crippen LogP contribution is 2.36. The van der Waals surface area contributed by atoms with Crippen molar-refractivity contribution in [1.29, 1.82) is 0 Å². The third-order valence-corrected chi connectivity index (χ3v) is 4.62. The first-order valence-electron chi connectivity index (χ1n) is 7.58. The monoisotopic (exact) mass is 329 g/mol. The lowest BCUT2D eigenvalue weighted by Gasteiger charge is -2.17. The lowest BCUT2D eigenvalue weighted by molar-refractivity contribution is 0.372. The zero-order valence-corrected chi connectivity index (χ0v) is 13.2. The summed E-state index contributed by atoms with van der Waals surface area (Å²) in [6, 6.07) is 7.48. The van der Waals surface area contributed by atoms with Gasteiger partial charge in [-0.1, -0.05) is 41.7 Å². The summed E-state index contributed by atoms with van der Waals surface area (Å²) >= 11 is 5.94. The molecule has 23 heavy (non-hydrogen) atoms. The number of hydrogen-bond acceptors (Lipinski definition) is 5. The van der Waals surface area contributed by atoms with E-state index in [1.807, 2.05) is 24.3 Å². The Morgan fingerprint density at radius 3 is 2.65 bits per heavy atom. The van der Waals surface area contributed by atoms with Gasteiger partial charge < -0.3 is 10.3 Å². The van der Waals surface area contributed by atoms with E-state index in [1.54, 1.807) is 6.20 Å². The average molecular weight is 330 g/mol. The Bertz CT molecular complexity index is 817. The van der Waals surface area contributed by atoms with E-state index in [2.05, 4.69) is 20.3 Å².